The number of carboxylic acids is 1. The fourth-order valence-electron chi connectivity index (χ4n) is 1.08. The lowest BCUT2D eigenvalue weighted by molar-refractivity contribution is -0.136. The molecule has 0 aliphatic heterocycles. The number of carboxylic acid groups (broad SMARTS) is 1. The van der Waals surface area contributed by atoms with Crippen LogP contribution >= 0.6 is 11.6 Å². The highest BCUT2D eigenvalue weighted by Crippen LogP contribution is 2.23. The third-order valence-corrected chi connectivity index (χ3v) is 1.95. The van der Waals surface area contributed by atoms with Crippen LogP contribution < -0.4 is 5.73 Å². The number of hydrogen-bond donors (Lipinski definition) is 2. The Balaban J connectivity index is 3.15. The molecule has 0 aliphatic carbocycles. The van der Waals surface area contributed by atoms with Crippen LogP contribution in [0, 0.1) is 11.3 Å². The van der Waals surface area contributed by atoms with E-state index in [4.69, 9.17) is 27.7 Å². The van der Waals surface area contributed by atoms with Gasteiger partial charge in [0.15, 0.2) is 0 Å². The summed E-state index contributed by atoms with van der Waals surface area (Å²) in [5.41, 5.74) is 6.38. The molecule has 0 saturated heterocycles. The van der Waals surface area contributed by atoms with E-state index in [0.29, 0.717) is 5.56 Å². The molecule has 0 heterocycles. The van der Waals surface area contributed by atoms with E-state index in [2.05, 4.69) is 0 Å². The predicted molar refractivity (Wildman–Crippen MR) is 51.9 cm³/mol. The Morgan fingerprint density at radius 1 is 1.64 bits per heavy atom. The number of benzene rings is 1. The van der Waals surface area contributed by atoms with Gasteiger partial charge in [0.05, 0.1) is 22.7 Å². The van der Waals surface area contributed by atoms with Gasteiger partial charge >= 0.3 is 5.97 Å². The van der Waals surface area contributed by atoms with Gasteiger partial charge in [-0.05, 0) is 17.7 Å². The van der Waals surface area contributed by atoms with Crippen molar-refractivity contribution in [1.29, 1.82) is 5.26 Å². The van der Waals surface area contributed by atoms with Gasteiger partial charge in [-0.1, -0.05) is 11.6 Å². The maximum atomic E-state index is 10.4. The summed E-state index contributed by atoms with van der Waals surface area (Å²) in [4.78, 5) is 10.4. The molecule has 1 rings (SSSR count). The average Bonchev–Trinajstić information content (AvgIpc) is 2.01. The third kappa shape index (κ3) is 2.15. The van der Waals surface area contributed by atoms with E-state index in [9.17, 15) is 4.79 Å². The lowest BCUT2D eigenvalue weighted by atomic mass is 10.1. The summed E-state index contributed by atoms with van der Waals surface area (Å²) in [5, 5.41) is 17.4. The Kier molecular flexibility index (Phi) is 2.95. The number of hydrogen-bond acceptors (Lipinski definition) is 3. The number of aliphatic carboxylic acids is 1. The zero-order valence-corrected chi connectivity index (χ0v) is 7.88. The fraction of sp³-hybridized carbons (Fsp3) is 0.111. The second-order valence-corrected chi connectivity index (χ2v) is 3.13. The average molecular weight is 211 g/mol. The van der Waals surface area contributed by atoms with Crippen molar-refractivity contribution in [2.45, 2.75) is 6.42 Å². The Labute approximate surface area is 85.5 Å². The van der Waals surface area contributed by atoms with Crippen LogP contribution in [0.25, 0.3) is 0 Å². The minimum Gasteiger partial charge on any atom is -0.481 e. The number of nitriles is 1. The van der Waals surface area contributed by atoms with Gasteiger partial charge < -0.3 is 10.8 Å². The van der Waals surface area contributed by atoms with Crippen LogP contribution in [0.15, 0.2) is 12.1 Å². The third-order valence-electron chi connectivity index (χ3n) is 1.65. The van der Waals surface area contributed by atoms with Gasteiger partial charge in [-0.15, -0.1) is 0 Å². The normalized spacial score (nSPS) is 9.43. The van der Waals surface area contributed by atoms with E-state index < -0.39 is 5.97 Å². The summed E-state index contributed by atoms with van der Waals surface area (Å²) in [5.74, 6) is -0.967. The smallest absolute Gasteiger partial charge is 0.307 e. The molecule has 4 nitrogen and oxygen atoms in total. The van der Waals surface area contributed by atoms with Crippen LogP contribution in [0.3, 0.4) is 0 Å². The Hall–Kier alpha value is -1.73. The zero-order valence-electron chi connectivity index (χ0n) is 7.12. The minimum atomic E-state index is -0.967. The summed E-state index contributed by atoms with van der Waals surface area (Å²) in [6, 6.07) is 4.72. The Morgan fingerprint density at radius 2 is 2.29 bits per heavy atom. The van der Waals surface area contributed by atoms with E-state index in [0.717, 1.165) is 0 Å². The van der Waals surface area contributed by atoms with Crippen molar-refractivity contribution in [3.8, 4) is 6.07 Å². The fourth-order valence-corrected chi connectivity index (χ4v) is 1.37. The van der Waals surface area contributed by atoms with Crippen molar-refractivity contribution in [2.75, 3.05) is 5.73 Å². The molecule has 14 heavy (non-hydrogen) atoms. The summed E-state index contributed by atoms with van der Waals surface area (Å²) in [6.07, 6.45) is -0.157. The van der Waals surface area contributed by atoms with Gasteiger partial charge in [0.2, 0.25) is 0 Å². The van der Waals surface area contributed by atoms with Crippen molar-refractivity contribution >= 4 is 23.3 Å². The SMILES string of the molecule is N#Cc1c(N)cc(CC(=O)O)cc1Cl. The summed E-state index contributed by atoms with van der Waals surface area (Å²) < 4.78 is 0. The van der Waals surface area contributed by atoms with Crippen molar-refractivity contribution in [3.63, 3.8) is 0 Å². The molecule has 0 unspecified atom stereocenters. The molecule has 5 heteroatoms. The van der Waals surface area contributed by atoms with Crippen LogP contribution in [0.1, 0.15) is 11.1 Å². The monoisotopic (exact) mass is 210 g/mol. The van der Waals surface area contributed by atoms with E-state index in [1.165, 1.54) is 12.1 Å². The lowest BCUT2D eigenvalue weighted by Gasteiger charge is -2.03. The first kappa shape index (κ1) is 10.4. The van der Waals surface area contributed by atoms with Crippen LogP contribution in [0.4, 0.5) is 5.69 Å². The number of carbonyl (C=O) groups is 1. The number of halogens is 1. The van der Waals surface area contributed by atoms with Crippen LogP contribution in [0.5, 0.6) is 0 Å². The van der Waals surface area contributed by atoms with E-state index >= 15 is 0 Å². The standard InChI is InChI=1S/C9H7ClN2O2/c10-7-1-5(3-9(13)14)2-8(12)6(7)4-11/h1-2H,3,12H2,(H,13,14). The van der Waals surface area contributed by atoms with Gasteiger partial charge in [-0.2, -0.15) is 5.26 Å². The van der Waals surface area contributed by atoms with Gasteiger partial charge in [0.1, 0.15) is 6.07 Å². The molecular weight excluding hydrogens is 204 g/mol. The van der Waals surface area contributed by atoms with Crippen molar-refractivity contribution in [2.24, 2.45) is 0 Å². The van der Waals surface area contributed by atoms with Gasteiger partial charge in [0, 0.05) is 0 Å². The van der Waals surface area contributed by atoms with E-state index in [1.54, 1.807) is 0 Å². The quantitative estimate of drug-likeness (QED) is 0.723. The predicted octanol–water partition coefficient (Wildman–Crippen LogP) is 1.42. The van der Waals surface area contributed by atoms with Crippen molar-refractivity contribution < 1.29 is 9.90 Å². The lowest BCUT2D eigenvalue weighted by Crippen LogP contribution is -2.02. The topological polar surface area (TPSA) is 87.1 Å². The highest BCUT2D eigenvalue weighted by Gasteiger charge is 2.08. The van der Waals surface area contributed by atoms with Crippen LogP contribution in [-0.2, 0) is 11.2 Å². The molecule has 3 N–H and O–H groups in total. The molecule has 0 radical (unpaired) electrons. The minimum absolute atomic E-state index is 0.157. The molecule has 0 amide bonds. The summed E-state index contributed by atoms with van der Waals surface area (Å²) in [7, 11) is 0. The van der Waals surface area contributed by atoms with Crippen molar-refractivity contribution in [1.82, 2.24) is 0 Å². The molecule has 0 saturated carbocycles. The molecule has 0 bridgehead atoms. The van der Waals surface area contributed by atoms with Gasteiger partial charge in [-0.3, -0.25) is 4.79 Å². The second-order valence-electron chi connectivity index (χ2n) is 2.72. The van der Waals surface area contributed by atoms with Gasteiger partial charge in [0.25, 0.3) is 0 Å². The zero-order chi connectivity index (χ0) is 10.7. The highest BCUT2D eigenvalue weighted by atomic mass is 35.5. The molecule has 1 aromatic rings. The van der Waals surface area contributed by atoms with E-state index in [1.807, 2.05) is 6.07 Å². The molecule has 0 aliphatic rings. The van der Waals surface area contributed by atoms with Crippen LogP contribution in [-0.4, -0.2) is 11.1 Å². The maximum Gasteiger partial charge on any atom is 0.307 e. The molecule has 0 fully saturated rings. The largest absolute Gasteiger partial charge is 0.481 e. The van der Waals surface area contributed by atoms with Crippen LogP contribution in [0.2, 0.25) is 5.02 Å². The molecule has 72 valence electrons. The number of nitrogens with zero attached hydrogens (tertiary/aromatic N) is 1. The second kappa shape index (κ2) is 3.99. The number of rotatable bonds is 2. The summed E-state index contributed by atoms with van der Waals surface area (Å²) in [6.45, 7) is 0. The Bertz CT molecular complexity index is 400. The first-order valence-corrected chi connectivity index (χ1v) is 4.12. The molecular formula is C9H7ClN2O2. The summed E-state index contributed by atoms with van der Waals surface area (Å²) >= 11 is 5.72. The number of nitrogens with two attached hydrogens (primary N) is 1. The molecule has 0 spiro atoms. The highest BCUT2D eigenvalue weighted by molar-refractivity contribution is 6.32. The number of nitrogen functional groups attached to an aromatic ring is 1. The molecule has 0 aromatic heterocycles. The van der Waals surface area contributed by atoms with Gasteiger partial charge in [-0.25, -0.2) is 0 Å². The van der Waals surface area contributed by atoms with Crippen molar-refractivity contribution in [3.05, 3.63) is 28.3 Å². The molecule has 1 aromatic carbocycles. The maximum absolute atomic E-state index is 10.4. The first-order chi connectivity index (χ1) is 6.54. The first-order valence-electron chi connectivity index (χ1n) is 3.74. The van der Waals surface area contributed by atoms with E-state index in [-0.39, 0.29) is 22.7 Å². The molecule has 0 atom stereocenters. The number of anilines is 1. The Morgan fingerprint density at radius 3 is 2.71 bits per heavy atom.